The molecule has 0 bridgehead atoms. The molecule has 0 spiro atoms. The number of rotatable bonds is 7. The highest BCUT2D eigenvalue weighted by Gasteiger charge is 2.42. The van der Waals surface area contributed by atoms with Gasteiger partial charge in [-0.15, -0.1) is 6.58 Å². The monoisotopic (exact) mass is 301 g/mol. The largest absolute Gasteiger partial charge is 0.508 e. The Morgan fingerprint density at radius 2 is 1.90 bits per heavy atom. The number of carboxylic acids is 1. The Kier molecular flexibility index (Phi) is 5.08. The van der Waals surface area contributed by atoms with E-state index in [-0.39, 0.29) is 18.6 Å². The lowest BCUT2D eigenvalue weighted by Gasteiger charge is -2.30. The van der Waals surface area contributed by atoms with Crippen LogP contribution in [0.15, 0.2) is 36.9 Å². The number of hydrogen-bond acceptors (Lipinski definition) is 3. The summed E-state index contributed by atoms with van der Waals surface area (Å²) in [5.41, 5.74) is -1.36. The summed E-state index contributed by atoms with van der Waals surface area (Å²) in [6.45, 7) is 3.42. The third-order valence-corrected chi connectivity index (χ3v) is 3.42. The van der Waals surface area contributed by atoms with Gasteiger partial charge in [-0.2, -0.15) is 0 Å². The van der Waals surface area contributed by atoms with Crippen molar-refractivity contribution < 1.29 is 29.4 Å². The van der Waals surface area contributed by atoms with Crippen molar-refractivity contribution in [3.05, 3.63) is 42.5 Å². The minimum atomic E-state index is -4.75. The van der Waals surface area contributed by atoms with Gasteiger partial charge >= 0.3 is 13.7 Å². The quantitative estimate of drug-likeness (QED) is 0.376. The summed E-state index contributed by atoms with van der Waals surface area (Å²) in [4.78, 5) is 29.5. The van der Waals surface area contributed by atoms with E-state index >= 15 is 0 Å². The first-order chi connectivity index (χ1) is 9.18. The Bertz CT molecular complexity index is 537. The molecular weight excluding hydrogens is 285 g/mol. The second-order valence-electron chi connectivity index (χ2n) is 4.38. The topological polar surface area (TPSA) is 127 Å². The maximum absolute atomic E-state index is 11.5. The van der Waals surface area contributed by atoms with Gasteiger partial charge in [0.15, 0.2) is 0 Å². The van der Waals surface area contributed by atoms with E-state index < -0.39 is 19.3 Å². The predicted octanol–water partition coefficient (Wildman–Crippen LogP) is 1.02. The first kappa shape index (κ1) is 16.4. The number of nitrogens with one attached hydrogen (secondary N) is 1. The molecule has 1 atom stereocenters. The highest BCUT2D eigenvalue weighted by Crippen LogP contribution is 2.35. The van der Waals surface area contributed by atoms with Gasteiger partial charge in [-0.3, -0.25) is 4.79 Å². The van der Waals surface area contributed by atoms with Gasteiger partial charge in [0, 0.05) is 6.42 Å². The molecule has 0 aromatic heterocycles. The molecule has 0 unspecified atom stereocenters. The molecule has 110 valence electrons. The zero-order chi connectivity index (χ0) is 15.4. The van der Waals surface area contributed by atoms with E-state index in [2.05, 4.69) is 6.58 Å². The summed E-state index contributed by atoms with van der Waals surface area (Å²) >= 11 is 0. The lowest BCUT2D eigenvalue weighted by Crippen LogP contribution is -2.52. The van der Waals surface area contributed by atoms with Gasteiger partial charge in [0.2, 0.25) is 0 Å². The van der Waals surface area contributed by atoms with Gasteiger partial charge in [0.1, 0.15) is 11.3 Å². The molecule has 0 amide bonds. The van der Waals surface area contributed by atoms with E-state index in [0.29, 0.717) is 5.56 Å². The van der Waals surface area contributed by atoms with Crippen molar-refractivity contribution in [2.24, 2.45) is 0 Å². The number of aromatic hydroxyl groups is 1. The average molecular weight is 301 g/mol. The van der Waals surface area contributed by atoms with Crippen LogP contribution in [0.4, 0.5) is 0 Å². The molecule has 0 aliphatic heterocycles. The van der Waals surface area contributed by atoms with E-state index in [1.54, 1.807) is 0 Å². The fraction of sp³-hybridized carbons (Fsp3) is 0.250. The number of carboxylic acid groups (broad SMARTS) is 1. The van der Waals surface area contributed by atoms with Gasteiger partial charge in [0.25, 0.3) is 0 Å². The summed E-state index contributed by atoms with van der Waals surface area (Å²) in [5, 5.41) is 20.4. The molecule has 1 aromatic carbocycles. The fourth-order valence-corrected chi connectivity index (χ4v) is 2.68. The summed E-state index contributed by atoms with van der Waals surface area (Å²) in [6.07, 6.45) is 0.936. The van der Waals surface area contributed by atoms with Crippen LogP contribution in [0, 0.1) is 0 Å². The zero-order valence-corrected chi connectivity index (χ0v) is 11.5. The third kappa shape index (κ3) is 4.47. The highest BCUT2D eigenvalue weighted by atomic mass is 31.2. The number of phenols is 1. The molecule has 7 nitrogen and oxygen atoms in total. The summed E-state index contributed by atoms with van der Waals surface area (Å²) < 4.78 is 11.1. The second-order valence-corrected chi connectivity index (χ2v) is 5.69. The van der Waals surface area contributed by atoms with Crippen LogP contribution in [0.1, 0.15) is 12.0 Å². The molecule has 1 aromatic rings. The Hall–Kier alpha value is -1.66. The van der Waals surface area contributed by atoms with E-state index in [0.717, 1.165) is 0 Å². The van der Waals surface area contributed by atoms with Crippen LogP contribution in [-0.4, -0.2) is 31.5 Å². The number of aliphatic carboxylic acids is 1. The lowest BCUT2D eigenvalue weighted by atomic mass is 9.88. The summed E-state index contributed by atoms with van der Waals surface area (Å²) in [7, 11) is -4.75. The minimum absolute atomic E-state index is 0.0151. The predicted molar refractivity (Wildman–Crippen MR) is 72.2 cm³/mol. The molecule has 0 aliphatic rings. The molecule has 20 heavy (non-hydrogen) atoms. The van der Waals surface area contributed by atoms with Crippen molar-refractivity contribution in [3.8, 4) is 5.75 Å². The molecule has 8 heteroatoms. The molecule has 0 saturated heterocycles. The maximum Gasteiger partial charge on any atom is 0.401 e. The van der Waals surface area contributed by atoms with Gasteiger partial charge in [-0.25, -0.2) is 9.65 Å². The standard InChI is InChI=1S/C12H16NO6P/c1-2-7-12(11(15)16,13-20(17,18)19)8-9-3-5-10(14)6-4-9/h2-6,14H,1,7-8H2,(H,15,16)(H3,13,17,18,19)/t12-/m1/s1. The average Bonchev–Trinajstić information content (AvgIpc) is 2.30. The van der Waals surface area contributed by atoms with E-state index in [1.807, 2.05) is 5.09 Å². The molecule has 1 rings (SSSR count). The normalized spacial score (nSPS) is 14.5. The van der Waals surface area contributed by atoms with Crippen LogP contribution in [0.25, 0.3) is 0 Å². The molecule has 0 radical (unpaired) electrons. The van der Waals surface area contributed by atoms with Crippen LogP contribution < -0.4 is 5.09 Å². The number of phenolic OH excluding ortho intramolecular Hbond substituents is 1. The van der Waals surface area contributed by atoms with Crippen LogP contribution >= 0.6 is 7.75 Å². The first-order valence-corrected chi connectivity index (χ1v) is 7.27. The van der Waals surface area contributed by atoms with Gasteiger partial charge in [0.05, 0.1) is 0 Å². The Balaban J connectivity index is 3.14. The van der Waals surface area contributed by atoms with Gasteiger partial charge in [-0.05, 0) is 24.1 Å². The molecular formula is C12H16NO6P. The van der Waals surface area contributed by atoms with Crippen molar-refractivity contribution >= 4 is 13.7 Å². The second kappa shape index (κ2) is 6.19. The van der Waals surface area contributed by atoms with E-state index in [1.165, 1.54) is 30.3 Å². The number of carbonyl (C=O) groups is 1. The lowest BCUT2D eigenvalue weighted by molar-refractivity contribution is -0.144. The van der Waals surface area contributed by atoms with Gasteiger partial charge in [-0.1, -0.05) is 18.2 Å². The summed E-state index contributed by atoms with van der Waals surface area (Å²) in [6, 6.07) is 5.70. The molecule has 0 aliphatic carbocycles. The van der Waals surface area contributed by atoms with Crippen molar-refractivity contribution in [2.45, 2.75) is 18.4 Å². The minimum Gasteiger partial charge on any atom is -0.508 e. The maximum atomic E-state index is 11.5. The van der Waals surface area contributed by atoms with Crippen molar-refractivity contribution in [2.75, 3.05) is 0 Å². The van der Waals surface area contributed by atoms with Crippen LogP contribution in [0.3, 0.4) is 0 Å². The summed E-state index contributed by atoms with van der Waals surface area (Å²) in [5.74, 6) is -1.38. The highest BCUT2D eigenvalue weighted by molar-refractivity contribution is 7.49. The third-order valence-electron chi connectivity index (χ3n) is 2.70. The van der Waals surface area contributed by atoms with Gasteiger partial charge < -0.3 is 20.0 Å². The van der Waals surface area contributed by atoms with Crippen LogP contribution in [0.2, 0.25) is 0 Å². The van der Waals surface area contributed by atoms with Crippen LogP contribution in [0.5, 0.6) is 5.75 Å². The Morgan fingerprint density at radius 3 is 2.30 bits per heavy atom. The molecule has 0 heterocycles. The fourth-order valence-electron chi connectivity index (χ4n) is 1.86. The Labute approximate surface area is 115 Å². The molecule has 5 N–H and O–H groups in total. The Morgan fingerprint density at radius 1 is 1.35 bits per heavy atom. The van der Waals surface area contributed by atoms with E-state index in [4.69, 9.17) is 9.79 Å². The SMILES string of the molecule is C=CC[C@](Cc1ccc(O)cc1)(NP(=O)(O)O)C(=O)O. The van der Waals surface area contributed by atoms with Crippen molar-refractivity contribution in [3.63, 3.8) is 0 Å². The van der Waals surface area contributed by atoms with Crippen molar-refractivity contribution in [1.82, 2.24) is 5.09 Å². The zero-order valence-electron chi connectivity index (χ0n) is 10.6. The first-order valence-electron chi connectivity index (χ1n) is 5.66. The van der Waals surface area contributed by atoms with Crippen molar-refractivity contribution in [1.29, 1.82) is 0 Å². The van der Waals surface area contributed by atoms with Crippen LogP contribution in [-0.2, 0) is 15.8 Å². The smallest absolute Gasteiger partial charge is 0.401 e. The molecule has 0 fully saturated rings. The number of hydrogen-bond donors (Lipinski definition) is 5. The number of benzene rings is 1. The van der Waals surface area contributed by atoms with E-state index in [9.17, 15) is 19.6 Å². The molecule has 0 saturated carbocycles.